The van der Waals surface area contributed by atoms with Crippen molar-refractivity contribution in [3.05, 3.63) is 82.1 Å². The van der Waals surface area contributed by atoms with Crippen molar-refractivity contribution in [3.8, 4) is 0 Å². The topological polar surface area (TPSA) is 53.1 Å². The average molecular weight is 542 g/mol. The Bertz CT molecular complexity index is 1310. The van der Waals surface area contributed by atoms with E-state index in [9.17, 15) is 22.8 Å². The van der Waals surface area contributed by atoms with Gasteiger partial charge in [0, 0.05) is 38.7 Å². The molecule has 0 aliphatic carbocycles. The Hall–Kier alpha value is -3.49. The minimum Gasteiger partial charge on any atom is -0.456 e. The van der Waals surface area contributed by atoms with Crippen LogP contribution in [0, 0.1) is 25.7 Å². The van der Waals surface area contributed by atoms with Crippen molar-refractivity contribution in [1.29, 1.82) is 0 Å². The van der Waals surface area contributed by atoms with E-state index in [2.05, 4.69) is 11.0 Å². The molecule has 9 heteroatoms. The predicted octanol–water partition coefficient (Wildman–Crippen LogP) is 5.87. The number of ether oxygens (including phenoxy) is 1. The van der Waals surface area contributed by atoms with Crippen LogP contribution in [0.15, 0.2) is 54.2 Å². The van der Waals surface area contributed by atoms with Crippen molar-refractivity contribution < 1.29 is 27.5 Å². The van der Waals surface area contributed by atoms with E-state index in [1.54, 1.807) is 37.9 Å². The number of halogens is 3. The number of amides is 2. The van der Waals surface area contributed by atoms with Gasteiger partial charge < -0.3 is 19.4 Å². The van der Waals surface area contributed by atoms with E-state index in [1.165, 1.54) is 0 Å². The number of carbonyl (C=O) groups is 2. The van der Waals surface area contributed by atoms with Crippen LogP contribution in [-0.4, -0.2) is 60.0 Å². The van der Waals surface area contributed by atoms with E-state index in [-0.39, 0.29) is 30.6 Å². The zero-order chi connectivity index (χ0) is 28.1. The molecule has 0 aromatic heterocycles. The van der Waals surface area contributed by atoms with Crippen LogP contribution in [-0.2, 0) is 15.7 Å². The number of alkyl halides is 3. The SMILES string of the molecule is Cc1cc([C@@H](C)N(C)C(=O)N2CC[C@@H]3CN(C4=CC(=O)OC4)CC3[C@@H]2c2ccccc2C)cc(C(F)(F)F)c1. The third-order valence-electron chi connectivity index (χ3n) is 8.57. The molecule has 0 spiro atoms. The monoisotopic (exact) mass is 541 g/mol. The Kier molecular flexibility index (Phi) is 7.11. The highest BCUT2D eigenvalue weighted by Gasteiger charge is 2.47. The number of urea groups is 1. The molecule has 3 heterocycles. The summed E-state index contributed by atoms with van der Waals surface area (Å²) in [5, 5.41) is 0. The Morgan fingerprint density at radius 2 is 1.87 bits per heavy atom. The summed E-state index contributed by atoms with van der Waals surface area (Å²) in [7, 11) is 1.66. The zero-order valence-corrected chi connectivity index (χ0v) is 22.7. The number of carbonyl (C=O) groups excluding carboxylic acids is 2. The fourth-order valence-corrected chi connectivity index (χ4v) is 6.36. The summed E-state index contributed by atoms with van der Waals surface area (Å²) in [6.07, 6.45) is -2.10. The molecule has 0 bridgehead atoms. The number of benzene rings is 2. The van der Waals surface area contributed by atoms with E-state index in [0.717, 1.165) is 41.9 Å². The summed E-state index contributed by atoms with van der Waals surface area (Å²) in [5.74, 6) is 0.150. The second kappa shape index (κ2) is 10.2. The summed E-state index contributed by atoms with van der Waals surface area (Å²) in [6, 6.07) is 11.1. The quantitative estimate of drug-likeness (QED) is 0.455. The molecule has 3 aliphatic rings. The van der Waals surface area contributed by atoms with Gasteiger partial charge in [0.25, 0.3) is 0 Å². The zero-order valence-electron chi connectivity index (χ0n) is 22.7. The molecular weight excluding hydrogens is 507 g/mol. The molecule has 5 rings (SSSR count). The van der Waals surface area contributed by atoms with Gasteiger partial charge in [-0.2, -0.15) is 13.2 Å². The molecule has 0 radical (unpaired) electrons. The Labute approximate surface area is 227 Å². The summed E-state index contributed by atoms with van der Waals surface area (Å²) >= 11 is 0. The van der Waals surface area contributed by atoms with Gasteiger partial charge in [-0.05, 0) is 61.9 Å². The number of aryl methyl sites for hydroxylation is 2. The number of fused-ring (bicyclic) bond motifs is 1. The van der Waals surface area contributed by atoms with Crippen molar-refractivity contribution >= 4 is 12.0 Å². The molecular formula is C30H34F3N3O3. The van der Waals surface area contributed by atoms with Crippen LogP contribution in [0.5, 0.6) is 0 Å². The van der Waals surface area contributed by atoms with Crippen molar-refractivity contribution in [3.63, 3.8) is 0 Å². The van der Waals surface area contributed by atoms with E-state index in [1.807, 2.05) is 30.0 Å². The highest BCUT2D eigenvalue weighted by molar-refractivity contribution is 5.85. The molecule has 1 unspecified atom stereocenters. The molecule has 208 valence electrons. The van der Waals surface area contributed by atoms with E-state index in [0.29, 0.717) is 30.1 Å². The lowest BCUT2D eigenvalue weighted by atomic mass is 9.78. The van der Waals surface area contributed by atoms with Gasteiger partial charge in [-0.1, -0.05) is 35.9 Å². The van der Waals surface area contributed by atoms with Crippen molar-refractivity contribution in [2.24, 2.45) is 11.8 Å². The van der Waals surface area contributed by atoms with E-state index >= 15 is 0 Å². The number of hydrogen-bond donors (Lipinski definition) is 0. The van der Waals surface area contributed by atoms with Crippen LogP contribution in [0.4, 0.5) is 18.0 Å². The van der Waals surface area contributed by atoms with Crippen molar-refractivity contribution in [2.45, 2.75) is 45.5 Å². The fraction of sp³-hybridized carbons (Fsp3) is 0.467. The maximum absolute atomic E-state index is 14.1. The third kappa shape index (κ3) is 5.23. The summed E-state index contributed by atoms with van der Waals surface area (Å²) in [5.41, 5.74) is 3.28. The smallest absolute Gasteiger partial charge is 0.416 e. The maximum atomic E-state index is 14.1. The minimum absolute atomic E-state index is 0.139. The Morgan fingerprint density at radius 3 is 2.54 bits per heavy atom. The van der Waals surface area contributed by atoms with Gasteiger partial charge >= 0.3 is 18.2 Å². The van der Waals surface area contributed by atoms with E-state index < -0.39 is 17.8 Å². The molecule has 2 fully saturated rings. The standard InChI is InChI=1S/C30H34F3N3O3/c1-18-11-22(13-23(12-18)30(31,32)33)20(3)34(4)29(38)36-10-9-21-15-35(24-14-27(37)39-17-24)16-26(21)28(36)25-8-6-5-7-19(25)2/h5-8,11-14,20-21,26,28H,9-10,15-17H2,1-4H3/t20-,21-,26?,28+/m1/s1. The predicted molar refractivity (Wildman–Crippen MR) is 141 cm³/mol. The number of hydrogen-bond acceptors (Lipinski definition) is 4. The van der Waals surface area contributed by atoms with Crippen molar-refractivity contribution in [1.82, 2.24) is 14.7 Å². The van der Waals surface area contributed by atoms with Crippen LogP contribution >= 0.6 is 0 Å². The fourth-order valence-electron chi connectivity index (χ4n) is 6.36. The average Bonchev–Trinajstić information content (AvgIpc) is 3.52. The van der Waals surface area contributed by atoms with Crippen LogP contribution in [0.2, 0.25) is 0 Å². The normalized spacial score (nSPS) is 23.8. The summed E-state index contributed by atoms with van der Waals surface area (Å²) < 4.78 is 45.7. The van der Waals surface area contributed by atoms with Gasteiger partial charge in [-0.15, -0.1) is 0 Å². The molecule has 2 amide bonds. The number of rotatable bonds is 4. The van der Waals surface area contributed by atoms with Crippen LogP contribution < -0.4 is 0 Å². The van der Waals surface area contributed by atoms with Gasteiger partial charge in [0.15, 0.2) is 0 Å². The van der Waals surface area contributed by atoms with E-state index in [4.69, 9.17) is 4.74 Å². The third-order valence-corrected chi connectivity index (χ3v) is 8.57. The molecule has 4 atom stereocenters. The lowest BCUT2D eigenvalue weighted by Crippen LogP contribution is -2.51. The first-order chi connectivity index (χ1) is 18.4. The number of piperidine rings is 1. The van der Waals surface area contributed by atoms with Crippen molar-refractivity contribution in [2.75, 3.05) is 33.3 Å². The molecule has 3 aliphatic heterocycles. The maximum Gasteiger partial charge on any atom is 0.416 e. The lowest BCUT2D eigenvalue weighted by molar-refractivity contribution is -0.138. The second-order valence-electron chi connectivity index (χ2n) is 11.1. The molecule has 0 saturated carbocycles. The Morgan fingerprint density at radius 1 is 1.13 bits per heavy atom. The summed E-state index contributed by atoms with van der Waals surface area (Å²) in [4.78, 5) is 31.4. The number of esters is 1. The largest absolute Gasteiger partial charge is 0.456 e. The minimum atomic E-state index is -4.46. The molecule has 2 saturated heterocycles. The van der Waals surface area contributed by atoms with Crippen LogP contribution in [0.1, 0.15) is 53.2 Å². The highest BCUT2D eigenvalue weighted by Crippen LogP contribution is 2.46. The van der Waals surface area contributed by atoms with Gasteiger partial charge in [0.1, 0.15) is 6.61 Å². The Balaban J connectivity index is 1.45. The van der Waals surface area contributed by atoms with Gasteiger partial charge in [0.2, 0.25) is 0 Å². The second-order valence-corrected chi connectivity index (χ2v) is 11.1. The molecule has 2 aromatic carbocycles. The molecule has 6 nitrogen and oxygen atoms in total. The van der Waals surface area contributed by atoms with Crippen LogP contribution in [0.3, 0.4) is 0 Å². The van der Waals surface area contributed by atoms with Gasteiger partial charge in [0.05, 0.1) is 23.3 Å². The first kappa shape index (κ1) is 27.1. The van der Waals surface area contributed by atoms with Crippen LogP contribution in [0.25, 0.3) is 0 Å². The number of nitrogens with zero attached hydrogens (tertiary/aromatic N) is 3. The summed E-state index contributed by atoms with van der Waals surface area (Å²) in [6.45, 7) is 7.75. The highest BCUT2D eigenvalue weighted by atomic mass is 19.4. The number of cyclic esters (lactones) is 1. The first-order valence-corrected chi connectivity index (χ1v) is 13.3. The van der Waals surface area contributed by atoms with Gasteiger partial charge in [-0.3, -0.25) is 0 Å². The lowest BCUT2D eigenvalue weighted by Gasteiger charge is -2.45. The van der Waals surface area contributed by atoms with Gasteiger partial charge in [-0.25, -0.2) is 9.59 Å². The molecule has 2 aromatic rings. The first-order valence-electron chi connectivity index (χ1n) is 13.3. The molecule has 39 heavy (non-hydrogen) atoms. The number of likely N-dealkylation sites (tertiary alicyclic amines) is 2. The molecule has 0 N–H and O–H groups in total.